The van der Waals surface area contributed by atoms with Gasteiger partial charge in [0.15, 0.2) is 5.69 Å². The number of hydrogen-bond acceptors (Lipinski definition) is 4. The van der Waals surface area contributed by atoms with Gasteiger partial charge in [0.05, 0.1) is 0 Å². The first-order valence-electron chi connectivity index (χ1n) is 6.30. The topological polar surface area (TPSA) is 72.4 Å². The van der Waals surface area contributed by atoms with Crippen LogP contribution in [0.2, 0.25) is 0 Å². The van der Waals surface area contributed by atoms with E-state index >= 15 is 0 Å². The molecule has 1 saturated heterocycles. The second kappa shape index (κ2) is 4.85. The van der Waals surface area contributed by atoms with Crippen molar-refractivity contribution in [1.29, 1.82) is 0 Å². The summed E-state index contributed by atoms with van der Waals surface area (Å²) >= 11 is 0. The van der Waals surface area contributed by atoms with Crippen molar-refractivity contribution >= 4 is 5.91 Å². The van der Waals surface area contributed by atoms with Crippen LogP contribution in [0.15, 0.2) is 41.0 Å². The van der Waals surface area contributed by atoms with E-state index < -0.39 is 0 Å². The van der Waals surface area contributed by atoms with Crippen LogP contribution in [-0.2, 0) is 0 Å². The first kappa shape index (κ1) is 11.9. The standard InChI is InChI=1S/C14H15N3O2/c15-11-6-7-17(8-11)14(18)12-9-19-13(16-12)10-4-2-1-3-5-10/h1-5,9,11H,6-8,15H2/t11-/m1/s1. The fourth-order valence-electron chi connectivity index (χ4n) is 2.22. The summed E-state index contributed by atoms with van der Waals surface area (Å²) < 4.78 is 5.37. The molecule has 1 aromatic carbocycles. The first-order chi connectivity index (χ1) is 9.24. The van der Waals surface area contributed by atoms with Crippen molar-refractivity contribution in [3.8, 4) is 11.5 Å². The average Bonchev–Trinajstić information content (AvgIpc) is 3.08. The lowest BCUT2D eigenvalue weighted by atomic mass is 10.2. The van der Waals surface area contributed by atoms with Gasteiger partial charge < -0.3 is 15.1 Å². The predicted molar refractivity (Wildman–Crippen MR) is 70.4 cm³/mol. The third kappa shape index (κ3) is 2.37. The number of nitrogens with two attached hydrogens (primary N) is 1. The van der Waals surface area contributed by atoms with Crippen LogP contribution in [-0.4, -0.2) is 34.9 Å². The third-order valence-corrected chi connectivity index (χ3v) is 3.26. The minimum Gasteiger partial charge on any atom is -0.444 e. The van der Waals surface area contributed by atoms with E-state index in [0.29, 0.717) is 24.7 Å². The summed E-state index contributed by atoms with van der Waals surface area (Å²) in [6.45, 7) is 1.28. The molecule has 0 spiro atoms. The summed E-state index contributed by atoms with van der Waals surface area (Å²) in [5, 5.41) is 0. The van der Waals surface area contributed by atoms with E-state index in [9.17, 15) is 4.79 Å². The highest BCUT2D eigenvalue weighted by molar-refractivity contribution is 5.92. The molecule has 19 heavy (non-hydrogen) atoms. The Kier molecular flexibility index (Phi) is 3.05. The van der Waals surface area contributed by atoms with Crippen molar-refractivity contribution in [2.24, 2.45) is 5.73 Å². The third-order valence-electron chi connectivity index (χ3n) is 3.26. The van der Waals surface area contributed by atoms with E-state index in [2.05, 4.69) is 4.98 Å². The Morgan fingerprint density at radius 2 is 2.16 bits per heavy atom. The van der Waals surface area contributed by atoms with Crippen LogP contribution in [0.4, 0.5) is 0 Å². The lowest BCUT2D eigenvalue weighted by Crippen LogP contribution is -2.32. The smallest absolute Gasteiger partial charge is 0.275 e. The van der Waals surface area contributed by atoms with Crippen LogP contribution in [0.3, 0.4) is 0 Å². The van der Waals surface area contributed by atoms with Crippen molar-refractivity contribution in [1.82, 2.24) is 9.88 Å². The zero-order chi connectivity index (χ0) is 13.2. The second-order valence-electron chi connectivity index (χ2n) is 4.70. The fourth-order valence-corrected chi connectivity index (χ4v) is 2.22. The maximum absolute atomic E-state index is 12.2. The van der Waals surface area contributed by atoms with Crippen molar-refractivity contribution in [2.45, 2.75) is 12.5 Å². The van der Waals surface area contributed by atoms with Crippen LogP contribution in [0.25, 0.3) is 11.5 Å². The molecule has 1 aliphatic rings. The van der Waals surface area contributed by atoms with Crippen LogP contribution in [0.1, 0.15) is 16.9 Å². The lowest BCUT2D eigenvalue weighted by Gasteiger charge is -2.13. The molecular weight excluding hydrogens is 242 g/mol. The molecule has 5 nitrogen and oxygen atoms in total. The summed E-state index contributed by atoms with van der Waals surface area (Å²) in [4.78, 5) is 18.2. The van der Waals surface area contributed by atoms with E-state index in [1.54, 1.807) is 4.90 Å². The molecule has 1 atom stereocenters. The molecule has 0 unspecified atom stereocenters. The van der Waals surface area contributed by atoms with E-state index in [1.165, 1.54) is 6.26 Å². The average molecular weight is 257 g/mol. The monoisotopic (exact) mass is 257 g/mol. The number of benzene rings is 1. The van der Waals surface area contributed by atoms with Gasteiger partial charge in [-0.05, 0) is 18.6 Å². The van der Waals surface area contributed by atoms with E-state index in [1.807, 2.05) is 30.3 Å². The molecule has 1 aromatic heterocycles. The lowest BCUT2D eigenvalue weighted by molar-refractivity contribution is 0.0785. The van der Waals surface area contributed by atoms with Crippen LogP contribution in [0.5, 0.6) is 0 Å². The second-order valence-corrected chi connectivity index (χ2v) is 4.70. The number of nitrogens with zero attached hydrogens (tertiary/aromatic N) is 2. The molecule has 5 heteroatoms. The van der Waals surface area contributed by atoms with Gasteiger partial charge >= 0.3 is 0 Å². The number of rotatable bonds is 2. The molecule has 98 valence electrons. The van der Waals surface area contributed by atoms with Gasteiger partial charge in [-0.25, -0.2) is 4.98 Å². The van der Waals surface area contributed by atoms with Gasteiger partial charge in [0.1, 0.15) is 6.26 Å². The van der Waals surface area contributed by atoms with E-state index in [-0.39, 0.29) is 11.9 Å². The summed E-state index contributed by atoms with van der Waals surface area (Å²) in [5.41, 5.74) is 7.00. The Morgan fingerprint density at radius 3 is 2.84 bits per heavy atom. The Balaban J connectivity index is 1.80. The molecule has 2 N–H and O–H groups in total. The largest absolute Gasteiger partial charge is 0.444 e. The van der Waals surface area contributed by atoms with Crippen molar-refractivity contribution < 1.29 is 9.21 Å². The van der Waals surface area contributed by atoms with Gasteiger partial charge in [0.25, 0.3) is 5.91 Å². The molecule has 2 heterocycles. The summed E-state index contributed by atoms with van der Waals surface area (Å²) in [7, 11) is 0. The zero-order valence-corrected chi connectivity index (χ0v) is 10.5. The Morgan fingerprint density at radius 1 is 1.37 bits per heavy atom. The predicted octanol–water partition coefficient (Wildman–Crippen LogP) is 1.51. The summed E-state index contributed by atoms with van der Waals surface area (Å²) in [6.07, 6.45) is 2.25. The number of hydrogen-bond donors (Lipinski definition) is 1. The Hall–Kier alpha value is -2.14. The number of likely N-dealkylation sites (tertiary alicyclic amines) is 1. The SMILES string of the molecule is N[C@@H]1CCN(C(=O)c2coc(-c3ccccc3)n2)C1. The Bertz CT molecular complexity index is 579. The van der Waals surface area contributed by atoms with Crippen molar-refractivity contribution in [2.75, 3.05) is 13.1 Å². The maximum Gasteiger partial charge on any atom is 0.275 e. The van der Waals surface area contributed by atoms with Gasteiger partial charge in [0, 0.05) is 24.7 Å². The molecule has 0 saturated carbocycles. The normalized spacial score (nSPS) is 18.8. The van der Waals surface area contributed by atoms with E-state index in [4.69, 9.17) is 10.2 Å². The van der Waals surface area contributed by atoms with Crippen molar-refractivity contribution in [3.63, 3.8) is 0 Å². The van der Waals surface area contributed by atoms with Crippen LogP contribution < -0.4 is 5.73 Å². The number of oxazole rings is 1. The molecule has 3 rings (SSSR count). The number of carbonyl (C=O) groups excluding carboxylic acids is 1. The number of amides is 1. The highest BCUT2D eigenvalue weighted by atomic mass is 16.3. The molecule has 0 bridgehead atoms. The fraction of sp³-hybridized carbons (Fsp3) is 0.286. The maximum atomic E-state index is 12.2. The molecule has 1 aliphatic heterocycles. The van der Waals surface area contributed by atoms with Gasteiger partial charge in [0.2, 0.25) is 5.89 Å². The van der Waals surface area contributed by atoms with Crippen molar-refractivity contribution in [3.05, 3.63) is 42.3 Å². The first-order valence-corrected chi connectivity index (χ1v) is 6.30. The minimum atomic E-state index is -0.112. The van der Waals surface area contributed by atoms with Gasteiger partial charge in [-0.3, -0.25) is 4.79 Å². The van der Waals surface area contributed by atoms with Crippen LogP contribution in [0, 0.1) is 0 Å². The number of carbonyl (C=O) groups is 1. The van der Waals surface area contributed by atoms with E-state index in [0.717, 1.165) is 12.0 Å². The summed E-state index contributed by atoms with van der Waals surface area (Å²) in [6, 6.07) is 9.59. The molecule has 1 fully saturated rings. The molecule has 1 amide bonds. The highest BCUT2D eigenvalue weighted by Crippen LogP contribution is 2.19. The quantitative estimate of drug-likeness (QED) is 0.885. The van der Waals surface area contributed by atoms with Crippen LogP contribution >= 0.6 is 0 Å². The Labute approximate surface area is 111 Å². The van der Waals surface area contributed by atoms with Gasteiger partial charge in [-0.2, -0.15) is 0 Å². The highest BCUT2D eigenvalue weighted by Gasteiger charge is 2.26. The molecule has 0 radical (unpaired) electrons. The van der Waals surface area contributed by atoms with Gasteiger partial charge in [-0.15, -0.1) is 0 Å². The molecular formula is C14H15N3O2. The number of aromatic nitrogens is 1. The summed E-state index contributed by atoms with van der Waals surface area (Å²) in [5.74, 6) is 0.353. The zero-order valence-electron chi connectivity index (χ0n) is 10.5. The molecule has 2 aromatic rings. The van der Waals surface area contributed by atoms with Gasteiger partial charge in [-0.1, -0.05) is 18.2 Å². The molecule has 0 aliphatic carbocycles. The minimum absolute atomic E-state index is 0.0736.